The third kappa shape index (κ3) is 3.10. The van der Waals surface area contributed by atoms with Crippen molar-refractivity contribution in [2.45, 2.75) is 19.9 Å². The fourth-order valence-corrected chi connectivity index (χ4v) is 2.47. The number of aryl methyl sites for hydroxylation is 1. The number of methoxy groups -OCH3 is 1. The van der Waals surface area contributed by atoms with Crippen LogP contribution in [0.4, 0.5) is 5.69 Å². The smallest absolute Gasteiger partial charge is 0.124 e. The molecule has 0 saturated carbocycles. The predicted molar refractivity (Wildman–Crippen MR) is 83.9 cm³/mol. The van der Waals surface area contributed by atoms with Gasteiger partial charge in [0.2, 0.25) is 0 Å². The van der Waals surface area contributed by atoms with Crippen LogP contribution in [-0.2, 0) is 0 Å². The number of rotatable bonds is 4. The fraction of sp³-hybridized carbons (Fsp3) is 0.250. The molecule has 0 spiro atoms. The number of anilines is 1. The number of halogens is 1. The minimum absolute atomic E-state index is 0.175. The monoisotopic (exact) mass is 319 g/mol. The van der Waals surface area contributed by atoms with E-state index in [0.29, 0.717) is 0 Å². The molecule has 1 N–H and O–H groups in total. The van der Waals surface area contributed by atoms with Crippen LogP contribution in [0.2, 0.25) is 0 Å². The van der Waals surface area contributed by atoms with E-state index in [4.69, 9.17) is 4.74 Å². The van der Waals surface area contributed by atoms with Crippen LogP contribution in [0.3, 0.4) is 0 Å². The van der Waals surface area contributed by atoms with E-state index >= 15 is 0 Å². The lowest BCUT2D eigenvalue weighted by Gasteiger charge is -2.19. The highest BCUT2D eigenvalue weighted by Gasteiger charge is 2.12. The summed E-state index contributed by atoms with van der Waals surface area (Å²) in [5.74, 6) is 0.909. The Balaban J connectivity index is 2.26. The van der Waals surface area contributed by atoms with Gasteiger partial charge in [-0.1, -0.05) is 30.3 Å². The number of hydrogen-bond acceptors (Lipinski definition) is 2. The van der Waals surface area contributed by atoms with Gasteiger partial charge in [0.25, 0.3) is 0 Å². The summed E-state index contributed by atoms with van der Waals surface area (Å²) in [5.41, 5.74) is 3.47. The van der Waals surface area contributed by atoms with Crippen LogP contribution >= 0.6 is 15.9 Å². The molecular formula is C16H18BrNO. The molecule has 0 saturated heterocycles. The van der Waals surface area contributed by atoms with E-state index in [1.165, 1.54) is 5.56 Å². The van der Waals surface area contributed by atoms with Crippen LogP contribution in [-0.4, -0.2) is 7.11 Å². The van der Waals surface area contributed by atoms with Gasteiger partial charge in [-0.3, -0.25) is 0 Å². The van der Waals surface area contributed by atoms with E-state index in [9.17, 15) is 0 Å². The van der Waals surface area contributed by atoms with Crippen LogP contribution < -0.4 is 10.1 Å². The molecule has 0 bridgehead atoms. The standard InChI is InChI=1S/C16H18BrNO/c1-11-7-6-9-14(16(11)17)18-12(2)13-8-4-5-10-15(13)19-3/h4-10,12,18H,1-3H3. The average molecular weight is 320 g/mol. The molecule has 1 unspecified atom stereocenters. The van der Waals surface area contributed by atoms with Crippen LogP contribution in [0.5, 0.6) is 5.75 Å². The molecule has 0 aliphatic rings. The van der Waals surface area contributed by atoms with Gasteiger partial charge in [0.15, 0.2) is 0 Å². The second kappa shape index (κ2) is 6.11. The summed E-state index contributed by atoms with van der Waals surface area (Å²) < 4.78 is 6.51. The molecule has 0 amide bonds. The fourth-order valence-electron chi connectivity index (χ4n) is 2.09. The van der Waals surface area contributed by atoms with Gasteiger partial charge >= 0.3 is 0 Å². The first-order valence-corrected chi connectivity index (χ1v) is 7.07. The van der Waals surface area contributed by atoms with Crippen LogP contribution in [0.25, 0.3) is 0 Å². The Bertz CT molecular complexity index is 568. The highest BCUT2D eigenvalue weighted by molar-refractivity contribution is 9.10. The molecule has 1 atom stereocenters. The van der Waals surface area contributed by atoms with Gasteiger partial charge < -0.3 is 10.1 Å². The summed E-state index contributed by atoms with van der Waals surface area (Å²) in [6.45, 7) is 4.22. The highest BCUT2D eigenvalue weighted by atomic mass is 79.9. The first kappa shape index (κ1) is 13.9. The van der Waals surface area contributed by atoms with Crippen molar-refractivity contribution < 1.29 is 4.74 Å². The predicted octanol–water partition coefficient (Wildman–Crippen LogP) is 4.94. The quantitative estimate of drug-likeness (QED) is 0.861. The second-order valence-electron chi connectivity index (χ2n) is 4.54. The Kier molecular flexibility index (Phi) is 4.48. The van der Waals surface area contributed by atoms with Crippen molar-refractivity contribution in [2.75, 3.05) is 12.4 Å². The van der Waals surface area contributed by atoms with Crippen LogP contribution in [0.1, 0.15) is 24.1 Å². The van der Waals surface area contributed by atoms with Gasteiger partial charge in [0, 0.05) is 15.7 Å². The third-order valence-electron chi connectivity index (χ3n) is 3.17. The summed E-state index contributed by atoms with van der Waals surface area (Å²) in [4.78, 5) is 0. The summed E-state index contributed by atoms with van der Waals surface area (Å²) in [5, 5.41) is 3.52. The Morgan fingerprint density at radius 2 is 1.84 bits per heavy atom. The second-order valence-corrected chi connectivity index (χ2v) is 5.34. The normalized spacial score (nSPS) is 12.0. The van der Waals surface area contributed by atoms with Gasteiger partial charge in [0.1, 0.15) is 5.75 Å². The van der Waals surface area contributed by atoms with Crippen molar-refractivity contribution in [1.82, 2.24) is 0 Å². The molecule has 0 aliphatic heterocycles. The Labute approximate surface area is 122 Å². The van der Waals surface area contributed by atoms with Crippen molar-refractivity contribution in [3.63, 3.8) is 0 Å². The van der Waals surface area contributed by atoms with E-state index < -0.39 is 0 Å². The van der Waals surface area contributed by atoms with E-state index in [2.05, 4.69) is 59.4 Å². The molecule has 0 heterocycles. The summed E-state index contributed by atoms with van der Waals surface area (Å²) in [6, 6.07) is 14.5. The maximum Gasteiger partial charge on any atom is 0.124 e. The van der Waals surface area contributed by atoms with Gasteiger partial charge in [-0.15, -0.1) is 0 Å². The minimum atomic E-state index is 0.175. The minimum Gasteiger partial charge on any atom is -0.496 e. The topological polar surface area (TPSA) is 21.3 Å². The van der Waals surface area contributed by atoms with Crippen molar-refractivity contribution in [1.29, 1.82) is 0 Å². The number of para-hydroxylation sites is 1. The molecule has 0 aromatic heterocycles. The van der Waals surface area contributed by atoms with Gasteiger partial charge in [-0.2, -0.15) is 0 Å². The molecule has 19 heavy (non-hydrogen) atoms. The molecule has 2 aromatic carbocycles. The molecule has 100 valence electrons. The molecule has 0 radical (unpaired) electrons. The number of ether oxygens (including phenoxy) is 1. The summed E-state index contributed by atoms with van der Waals surface area (Å²) >= 11 is 3.62. The largest absolute Gasteiger partial charge is 0.496 e. The zero-order chi connectivity index (χ0) is 13.8. The zero-order valence-electron chi connectivity index (χ0n) is 11.4. The molecule has 2 aromatic rings. The molecule has 2 nitrogen and oxygen atoms in total. The van der Waals surface area contributed by atoms with Gasteiger partial charge in [0.05, 0.1) is 13.2 Å². The third-order valence-corrected chi connectivity index (χ3v) is 4.22. The van der Waals surface area contributed by atoms with Gasteiger partial charge in [-0.05, 0) is 47.5 Å². The van der Waals surface area contributed by atoms with Crippen molar-refractivity contribution >= 4 is 21.6 Å². The first-order chi connectivity index (χ1) is 9.13. The zero-order valence-corrected chi connectivity index (χ0v) is 13.0. The molecule has 3 heteroatoms. The summed E-state index contributed by atoms with van der Waals surface area (Å²) in [7, 11) is 1.70. The summed E-state index contributed by atoms with van der Waals surface area (Å²) in [6.07, 6.45) is 0. The molecular weight excluding hydrogens is 302 g/mol. The lowest BCUT2D eigenvalue weighted by atomic mass is 10.1. The molecule has 0 fully saturated rings. The number of hydrogen-bond donors (Lipinski definition) is 1. The molecule has 2 rings (SSSR count). The Morgan fingerprint density at radius 3 is 2.58 bits per heavy atom. The van der Waals surface area contributed by atoms with E-state index in [0.717, 1.165) is 21.5 Å². The Hall–Kier alpha value is -1.48. The number of nitrogens with one attached hydrogen (secondary N) is 1. The maximum atomic E-state index is 5.41. The number of benzene rings is 2. The maximum absolute atomic E-state index is 5.41. The Morgan fingerprint density at radius 1 is 1.11 bits per heavy atom. The van der Waals surface area contributed by atoms with Crippen LogP contribution in [0.15, 0.2) is 46.9 Å². The SMILES string of the molecule is COc1ccccc1C(C)Nc1cccc(C)c1Br. The van der Waals surface area contributed by atoms with Crippen LogP contribution in [0, 0.1) is 6.92 Å². The van der Waals surface area contributed by atoms with Crippen molar-refractivity contribution in [3.8, 4) is 5.75 Å². The average Bonchev–Trinajstić information content (AvgIpc) is 2.43. The lowest BCUT2D eigenvalue weighted by Crippen LogP contribution is -2.08. The van der Waals surface area contributed by atoms with Gasteiger partial charge in [-0.25, -0.2) is 0 Å². The van der Waals surface area contributed by atoms with Crippen molar-refractivity contribution in [3.05, 3.63) is 58.1 Å². The van der Waals surface area contributed by atoms with E-state index in [-0.39, 0.29) is 6.04 Å². The van der Waals surface area contributed by atoms with E-state index in [1.54, 1.807) is 7.11 Å². The molecule has 0 aliphatic carbocycles. The highest BCUT2D eigenvalue weighted by Crippen LogP contribution is 2.31. The first-order valence-electron chi connectivity index (χ1n) is 6.28. The van der Waals surface area contributed by atoms with Crippen molar-refractivity contribution in [2.24, 2.45) is 0 Å². The lowest BCUT2D eigenvalue weighted by molar-refractivity contribution is 0.408. The van der Waals surface area contributed by atoms with E-state index in [1.807, 2.05) is 18.2 Å².